The summed E-state index contributed by atoms with van der Waals surface area (Å²) in [6, 6.07) is 6.12. The third kappa shape index (κ3) is 3.20. The van der Waals surface area contributed by atoms with Crippen LogP contribution in [0.4, 0.5) is 0 Å². The van der Waals surface area contributed by atoms with Crippen molar-refractivity contribution < 1.29 is 5.11 Å². The summed E-state index contributed by atoms with van der Waals surface area (Å²) in [6.07, 6.45) is 10.8. The van der Waals surface area contributed by atoms with Crippen molar-refractivity contribution in [3.05, 3.63) is 39.5 Å². The second-order valence-electron chi connectivity index (χ2n) is 10.6. The molecule has 160 valence electrons. The first-order chi connectivity index (χ1) is 14.5. The van der Waals surface area contributed by atoms with Crippen molar-refractivity contribution in [3.63, 3.8) is 0 Å². The maximum Gasteiger partial charge on any atom is 0.0950 e. The maximum atomic E-state index is 11.4. The van der Waals surface area contributed by atoms with E-state index in [1.165, 1.54) is 50.6 Å². The van der Waals surface area contributed by atoms with Crippen LogP contribution in [0.1, 0.15) is 75.1 Å². The van der Waals surface area contributed by atoms with Crippen molar-refractivity contribution in [2.24, 2.45) is 17.8 Å². The third-order valence-corrected chi connectivity index (χ3v) is 9.23. The monoisotopic (exact) mass is 444 g/mol. The molecule has 1 saturated heterocycles. The second kappa shape index (κ2) is 7.33. The van der Waals surface area contributed by atoms with Crippen LogP contribution in [0.3, 0.4) is 0 Å². The molecular formula is C25H30Cl2N2O. The summed E-state index contributed by atoms with van der Waals surface area (Å²) < 4.78 is 0. The van der Waals surface area contributed by atoms with Crippen molar-refractivity contribution in [3.8, 4) is 0 Å². The molecule has 5 heteroatoms. The van der Waals surface area contributed by atoms with Gasteiger partial charge in [0.1, 0.15) is 0 Å². The molecule has 2 N–H and O–H groups in total. The Balaban J connectivity index is 1.49. The fraction of sp³-hybridized carbons (Fsp3) is 0.640. The van der Waals surface area contributed by atoms with Gasteiger partial charge in [-0.05, 0) is 99.4 Å². The van der Waals surface area contributed by atoms with Gasteiger partial charge < -0.3 is 10.4 Å². The van der Waals surface area contributed by atoms with Crippen molar-refractivity contribution in [1.29, 1.82) is 0 Å². The average Bonchev–Trinajstić information content (AvgIpc) is 2.73. The molecule has 7 rings (SSSR count). The first kappa shape index (κ1) is 19.8. The Bertz CT molecular complexity index is 949. The minimum Gasteiger partial charge on any atom is -0.387 e. The fourth-order valence-electron chi connectivity index (χ4n) is 7.55. The molecule has 0 radical (unpaired) electrons. The number of aliphatic hydroxyl groups is 1. The highest BCUT2D eigenvalue weighted by molar-refractivity contribution is 6.42. The van der Waals surface area contributed by atoms with Crippen LogP contribution in [0.2, 0.25) is 10.0 Å². The van der Waals surface area contributed by atoms with Gasteiger partial charge in [-0.25, -0.2) is 0 Å². The van der Waals surface area contributed by atoms with Crippen LogP contribution in [0.15, 0.2) is 18.2 Å². The number of fused-ring (bicyclic) bond motifs is 1. The quantitative estimate of drug-likeness (QED) is 0.593. The summed E-state index contributed by atoms with van der Waals surface area (Å²) in [5, 5.41) is 17.0. The minimum absolute atomic E-state index is 0.0861. The highest BCUT2D eigenvalue weighted by Crippen LogP contribution is 2.60. The summed E-state index contributed by atoms with van der Waals surface area (Å²) in [5.74, 6) is 2.57. The molecule has 0 amide bonds. The van der Waals surface area contributed by atoms with E-state index in [1.807, 2.05) is 12.1 Å². The molecule has 1 aromatic carbocycles. The van der Waals surface area contributed by atoms with Crippen molar-refractivity contribution in [1.82, 2.24) is 10.3 Å². The van der Waals surface area contributed by atoms with Crippen LogP contribution in [-0.2, 0) is 5.41 Å². The summed E-state index contributed by atoms with van der Waals surface area (Å²) in [7, 11) is 0. The normalized spacial score (nSPS) is 36.4. The van der Waals surface area contributed by atoms with Gasteiger partial charge in [-0.2, -0.15) is 0 Å². The minimum atomic E-state index is -0.555. The van der Waals surface area contributed by atoms with Gasteiger partial charge in [0.25, 0.3) is 0 Å². The average molecular weight is 445 g/mol. The largest absolute Gasteiger partial charge is 0.387 e. The second-order valence-corrected chi connectivity index (χ2v) is 11.4. The van der Waals surface area contributed by atoms with E-state index in [1.54, 1.807) is 0 Å². The van der Waals surface area contributed by atoms with E-state index in [0.717, 1.165) is 53.6 Å². The molecule has 3 nitrogen and oxygen atoms in total. The molecule has 4 bridgehead atoms. The first-order valence-corrected chi connectivity index (χ1v) is 12.5. The molecule has 5 fully saturated rings. The number of piperidine rings is 1. The molecule has 2 atom stereocenters. The van der Waals surface area contributed by atoms with E-state index < -0.39 is 6.10 Å². The maximum absolute atomic E-state index is 11.4. The first-order valence-electron chi connectivity index (χ1n) is 11.7. The highest BCUT2D eigenvalue weighted by atomic mass is 35.5. The van der Waals surface area contributed by atoms with Gasteiger partial charge in [-0.3, -0.25) is 4.98 Å². The molecule has 0 spiro atoms. The number of nitrogens with zero attached hydrogens (tertiary/aromatic N) is 1. The van der Waals surface area contributed by atoms with Crippen molar-refractivity contribution in [2.45, 2.75) is 75.3 Å². The molecular weight excluding hydrogens is 415 g/mol. The van der Waals surface area contributed by atoms with Gasteiger partial charge >= 0.3 is 0 Å². The number of halogens is 2. The van der Waals surface area contributed by atoms with Gasteiger partial charge in [0.05, 0.1) is 21.7 Å². The molecule has 2 heterocycles. The Kier molecular flexibility index (Phi) is 4.84. The SMILES string of the molecule is O[C@@H](c1cc(C23CC4CC(CC(C4)C2)C3)nc2cc(Cl)c(Cl)cc12)[C@H]1CCCCN1. The fourth-order valence-corrected chi connectivity index (χ4v) is 7.87. The number of aromatic nitrogens is 1. The Labute approximate surface area is 188 Å². The standard InChI is InChI=1S/C25H30Cl2N2O/c26-19-8-17-18(24(30)21-3-1-2-4-28-21)9-23(29-22(17)10-20(19)27)25-11-14-5-15(12-25)7-16(6-14)13-25/h8-10,14-16,21,24,28,30H,1-7,11-13H2/t14?,15?,16?,21-,24+,25?/m1/s1. The molecule has 1 aliphatic heterocycles. The number of rotatable bonds is 3. The molecule has 1 aromatic heterocycles. The Morgan fingerprint density at radius 2 is 1.63 bits per heavy atom. The number of hydrogen-bond acceptors (Lipinski definition) is 3. The van der Waals surface area contributed by atoms with Crippen LogP contribution >= 0.6 is 23.2 Å². The predicted molar refractivity (Wildman–Crippen MR) is 122 cm³/mol. The van der Waals surface area contributed by atoms with Crippen LogP contribution in [-0.4, -0.2) is 22.7 Å². The Hall–Kier alpha value is -0.870. The van der Waals surface area contributed by atoms with Gasteiger partial charge in [-0.1, -0.05) is 29.6 Å². The zero-order valence-electron chi connectivity index (χ0n) is 17.3. The summed E-state index contributed by atoms with van der Waals surface area (Å²) in [4.78, 5) is 5.18. The Morgan fingerprint density at radius 1 is 0.967 bits per heavy atom. The third-order valence-electron chi connectivity index (χ3n) is 8.51. The van der Waals surface area contributed by atoms with Crippen LogP contribution in [0.5, 0.6) is 0 Å². The van der Waals surface area contributed by atoms with Gasteiger partial charge in [0.15, 0.2) is 0 Å². The lowest BCUT2D eigenvalue weighted by molar-refractivity contribution is -0.00720. The van der Waals surface area contributed by atoms with E-state index in [2.05, 4.69) is 11.4 Å². The number of nitrogens with one attached hydrogen (secondary N) is 1. The van der Waals surface area contributed by atoms with E-state index in [-0.39, 0.29) is 11.5 Å². The van der Waals surface area contributed by atoms with Crippen LogP contribution in [0.25, 0.3) is 10.9 Å². The molecule has 0 unspecified atom stereocenters. The molecule has 4 saturated carbocycles. The number of aliphatic hydroxyl groups excluding tert-OH is 1. The lowest BCUT2D eigenvalue weighted by Gasteiger charge is -2.56. The topological polar surface area (TPSA) is 45.2 Å². The van der Waals surface area contributed by atoms with E-state index >= 15 is 0 Å². The van der Waals surface area contributed by atoms with E-state index in [9.17, 15) is 5.11 Å². The molecule has 5 aliphatic rings. The lowest BCUT2D eigenvalue weighted by Crippen LogP contribution is -2.49. The molecule has 30 heavy (non-hydrogen) atoms. The van der Waals surface area contributed by atoms with Crippen molar-refractivity contribution >= 4 is 34.1 Å². The van der Waals surface area contributed by atoms with E-state index in [4.69, 9.17) is 28.2 Å². The lowest BCUT2D eigenvalue weighted by atomic mass is 9.48. The summed E-state index contributed by atoms with van der Waals surface area (Å²) in [6.45, 7) is 0.971. The zero-order chi connectivity index (χ0) is 20.5. The predicted octanol–water partition coefficient (Wildman–Crippen LogP) is 6.18. The number of hydrogen-bond donors (Lipinski definition) is 2. The number of pyridine rings is 1. The molecule has 2 aromatic rings. The highest BCUT2D eigenvalue weighted by Gasteiger charge is 2.52. The van der Waals surface area contributed by atoms with E-state index in [0.29, 0.717) is 10.0 Å². The van der Waals surface area contributed by atoms with Crippen LogP contribution in [0, 0.1) is 17.8 Å². The van der Waals surface area contributed by atoms with Gasteiger partial charge in [0.2, 0.25) is 0 Å². The van der Waals surface area contributed by atoms with Gasteiger partial charge in [-0.15, -0.1) is 0 Å². The smallest absolute Gasteiger partial charge is 0.0950 e. The Morgan fingerprint density at radius 3 is 2.27 bits per heavy atom. The van der Waals surface area contributed by atoms with Gasteiger partial charge in [0, 0.05) is 22.5 Å². The summed E-state index contributed by atoms with van der Waals surface area (Å²) >= 11 is 12.8. The zero-order valence-corrected chi connectivity index (χ0v) is 18.9. The molecule has 4 aliphatic carbocycles. The van der Waals surface area contributed by atoms with Crippen molar-refractivity contribution in [2.75, 3.05) is 6.54 Å². The van der Waals surface area contributed by atoms with Crippen LogP contribution < -0.4 is 5.32 Å². The summed E-state index contributed by atoms with van der Waals surface area (Å²) in [5.41, 5.74) is 3.23. The number of benzene rings is 1.